The lowest BCUT2D eigenvalue weighted by atomic mass is 9.97. The third-order valence-electron chi connectivity index (χ3n) is 2.61. The molecular weight excluding hydrogens is 210 g/mol. The third-order valence-corrected chi connectivity index (χ3v) is 2.61. The van der Waals surface area contributed by atoms with Crippen LogP contribution in [0.25, 0.3) is 0 Å². The van der Waals surface area contributed by atoms with E-state index < -0.39 is 6.04 Å². The average Bonchev–Trinajstić information content (AvgIpc) is 2.28. The Morgan fingerprint density at radius 1 is 1.47 bits per heavy atom. The standard InChI is InChI=1S/C15H21NO/c1-4-6-14(16)15(17)13-8-5-7-12(10-13)9-11(2)3/h4-5,7-8,10-11,14H,1,6,9,16H2,2-3H3. The summed E-state index contributed by atoms with van der Waals surface area (Å²) in [4.78, 5) is 12.0. The summed E-state index contributed by atoms with van der Waals surface area (Å²) in [5, 5.41) is 0. The molecule has 1 rings (SSSR count). The van der Waals surface area contributed by atoms with Crippen molar-refractivity contribution in [2.45, 2.75) is 32.7 Å². The summed E-state index contributed by atoms with van der Waals surface area (Å²) in [6.07, 6.45) is 3.19. The minimum atomic E-state index is -0.471. The summed E-state index contributed by atoms with van der Waals surface area (Å²) in [6.45, 7) is 7.93. The van der Waals surface area contributed by atoms with Crippen molar-refractivity contribution in [2.24, 2.45) is 11.7 Å². The zero-order valence-corrected chi connectivity index (χ0v) is 10.6. The topological polar surface area (TPSA) is 43.1 Å². The van der Waals surface area contributed by atoms with Gasteiger partial charge in [-0.2, -0.15) is 0 Å². The van der Waals surface area contributed by atoms with Crippen LogP contribution < -0.4 is 5.73 Å². The molecule has 0 aliphatic carbocycles. The first-order valence-electron chi connectivity index (χ1n) is 6.04. The number of benzene rings is 1. The molecule has 0 spiro atoms. The Bertz CT molecular complexity index is 396. The minimum absolute atomic E-state index is 0.00416. The van der Waals surface area contributed by atoms with E-state index in [1.807, 2.05) is 18.2 Å². The predicted octanol–water partition coefficient (Wildman–Crippen LogP) is 2.97. The first-order chi connectivity index (χ1) is 8.04. The molecule has 0 amide bonds. The van der Waals surface area contributed by atoms with Gasteiger partial charge in [0.1, 0.15) is 0 Å². The van der Waals surface area contributed by atoms with Gasteiger partial charge in [0.25, 0.3) is 0 Å². The fourth-order valence-corrected chi connectivity index (χ4v) is 1.82. The van der Waals surface area contributed by atoms with Gasteiger partial charge in [-0.1, -0.05) is 38.1 Å². The Morgan fingerprint density at radius 3 is 2.76 bits per heavy atom. The highest BCUT2D eigenvalue weighted by Gasteiger charge is 2.14. The number of carbonyl (C=O) groups is 1. The van der Waals surface area contributed by atoms with Crippen LogP contribution >= 0.6 is 0 Å². The van der Waals surface area contributed by atoms with Crippen molar-refractivity contribution in [3.8, 4) is 0 Å². The molecule has 17 heavy (non-hydrogen) atoms. The van der Waals surface area contributed by atoms with Crippen molar-refractivity contribution in [3.05, 3.63) is 48.0 Å². The van der Waals surface area contributed by atoms with Crippen LogP contribution in [0.4, 0.5) is 0 Å². The van der Waals surface area contributed by atoms with Crippen LogP contribution in [0.1, 0.15) is 36.2 Å². The van der Waals surface area contributed by atoms with Gasteiger partial charge in [-0.15, -0.1) is 6.58 Å². The van der Waals surface area contributed by atoms with Gasteiger partial charge in [-0.05, 0) is 30.4 Å². The molecule has 0 fully saturated rings. The van der Waals surface area contributed by atoms with E-state index in [0.717, 1.165) is 6.42 Å². The Morgan fingerprint density at radius 2 is 2.18 bits per heavy atom. The molecule has 0 radical (unpaired) electrons. The maximum atomic E-state index is 12.0. The molecule has 1 aromatic rings. The van der Waals surface area contributed by atoms with Crippen LogP contribution in [0, 0.1) is 5.92 Å². The molecule has 0 aliphatic rings. The molecule has 1 atom stereocenters. The van der Waals surface area contributed by atoms with Crippen molar-refractivity contribution in [1.82, 2.24) is 0 Å². The molecule has 1 unspecified atom stereocenters. The van der Waals surface area contributed by atoms with Crippen LogP contribution in [0.15, 0.2) is 36.9 Å². The predicted molar refractivity (Wildman–Crippen MR) is 72.1 cm³/mol. The highest BCUT2D eigenvalue weighted by atomic mass is 16.1. The second kappa shape index (κ2) is 6.36. The SMILES string of the molecule is C=CCC(N)C(=O)c1cccc(CC(C)C)c1. The minimum Gasteiger partial charge on any atom is -0.321 e. The summed E-state index contributed by atoms with van der Waals surface area (Å²) >= 11 is 0. The molecule has 2 N–H and O–H groups in total. The average molecular weight is 231 g/mol. The van der Waals surface area contributed by atoms with Gasteiger partial charge >= 0.3 is 0 Å². The number of rotatable bonds is 6. The number of nitrogens with two attached hydrogens (primary N) is 1. The fourth-order valence-electron chi connectivity index (χ4n) is 1.82. The van der Waals surface area contributed by atoms with E-state index in [1.54, 1.807) is 6.08 Å². The maximum Gasteiger partial charge on any atom is 0.179 e. The Balaban J connectivity index is 2.83. The molecule has 0 aliphatic heterocycles. The molecule has 92 valence electrons. The lowest BCUT2D eigenvalue weighted by Crippen LogP contribution is -2.29. The lowest BCUT2D eigenvalue weighted by Gasteiger charge is -2.10. The smallest absolute Gasteiger partial charge is 0.179 e. The molecule has 0 saturated heterocycles. The molecule has 0 aromatic heterocycles. The summed E-state index contributed by atoms with van der Waals surface area (Å²) in [5.41, 5.74) is 7.69. The Hall–Kier alpha value is -1.41. The van der Waals surface area contributed by atoms with Gasteiger partial charge in [0.2, 0.25) is 0 Å². The second-order valence-electron chi connectivity index (χ2n) is 4.79. The summed E-state index contributed by atoms with van der Waals surface area (Å²) in [6, 6.07) is 7.28. The second-order valence-corrected chi connectivity index (χ2v) is 4.79. The van der Waals surface area contributed by atoms with Crippen molar-refractivity contribution >= 4 is 5.78 Å². The van der Waals surface area contributed by atoms with E-state index in [-0.39, 0.29) is 5.78 Å². The summed E-state index contributed by atoms with van der Waals surface area (Å²) in [5.74, 6) is 0.581. The number of carbonyl (C=O) groups excluding carboxylic acids is 1. The zero-order chi connectivity index (χ0) is 12.8. The Labute approximate surface area is 104 Å². The zero-order valence-electron chi connectivity index (χ0n) is 10.6. The monoisotopic (exact) mass is 231 g/mol. The molecule has 2 nitrogen and oxygen atoms in total. The number of hydrogen-bond donors (Lipinski definition) is 1. The highest BCUT2D eigenvalue weighted by molar-refractivity contribution is 6.00. The maximum absolute atomic E-state index is 12.0. The van der Waals surface area contributed by atoms with E-state index in [9.17, 15) is 4.79 Å². The van der Waals surface area contributed by atoms with Gasteiger partial charge < -0.3 is 5.73 Å². The van der Waals surface area contributed by atoms with Crippen LogP contribution in [0.2, 0.25) is 0 Å². The van der Waals surface area contributed by atoms with Crippen LogP contribution in [-0.2, 0) is 6.42 Å². The highest BCUT2D eigenvalue weighted by Crippen LogP contribution is 2.12. The fraction of sp³-hybridized carbons (Fsp3) is 0.400. The van der Waals surface area contributed by atoms with Gasteiger partial charge in [-0.25, -0.2) is 0 Å². The molecular formula is C15H21NO. The summed E-state index contributed by atoms with van der Waals surface area (Å²) in [7, 11) is 0. The van der Waals surface area contributed by atoms with Crippen molar-refractivity contribution in [1.29, 1.82) is 0 Å². The van der Waals surface area contributed by atoms with Crippen molar-refractivity contribution < 1.29 is 4.79 Å². The Kier molecular flexibility index (Phi) is 5.11. The van der Waals surface area contributed by atoms with Crippen LogP contribution in [-0.4, -0.2) is 11.8 Å². The van der Waals surface area contributed by atoms with E-state index in [1.165, 1.54) is 5.56 Å². The molecule has 0 bridgehead atoms. The van der Waals surface area contributed by atoms with Crippen LogP contribution in [0.5, 0.6) is 0 Å². The van der Waals surface area contributed by atoms with Crippen LogP contribution in [0.3, 0.4) is 0 Å². The van der Waals surface area contributed by atoms with Crippen molar-refractivity contribution in [2.75, 3.05) is 0 Å². The van der Waals surface area contributed by atoms with Gasteiger partial charge in [0, 0.05) is 5.56 Å². The summed E-state index contributed by atoms with van der Waals surface area (Å²) < 4.78 is 0. The lowest BCUT2D eigenvalue weighted by molar-refractivity contribution is 0.0962. The third kappa shape index (κ3) is 4.16. The van der Waals surface area contributed by atoms with E-state index >= 15 is 0 Å². The van der Waals surface area contributed by atoms with Gasteiger partial charge in [0.05, 0.1) is 6.04 Å². The first kappa shape index (κ1) is 13.7. The molecule has 1 aromatic carbocycles. The first-order valence-corrected chi connectivity index (χ1v) is 6.04. The van der Waals surface area contributed by atoms with E-state index in [4.69, 9.17) is 5.73 Å². The molecule has 0 saturated carbocycles. The van der Waals surface area contributed by atoms with E-state index in [0.29, 0.717) is 17.9 Å². The van der Waals surface area contributed by atoms with Crippen molar-refractivity contribution in [3.63, 3.8) is 0 Å². The molecule has 2 heteroatoms. The number of hydrogen-bond acceptors (Lipinski definition) is 2. The molecule has 0 heterocycles. The number of ketones is 1. The largest absolute Gasteiger partial charge is 0.321 e. The van der Waals surface area contributed by atoms with Gasteiger partial charge in [0.15, 0.2) is 5.78 Å². The van der Waals surface area contributed by atoms with E-state index in [2.05, 4.69) is 26.5 Å². The quantitative estimate of drug-likeness (QED) is 0.604. The number of Topliss-reactive ketones (excluding diaryl/α,β-unsaturated/α-hetero) is 1. The van der Waals surface area contributed by atoms with Gasteiger partial charge in [-0.3, -0.25) is 4.79 Å². The normalized spacial score (nSPS) is 12.5.